The van der Waals surface area contributed by atoms with Crippen LogP contribution in [0.3, 0.4) is 0 Å². The van der Waals surface area contributed by atoms with E-state index >= 15 is 0 Å². The van der Waals surface area contributed by atoms with Gasteiger partial charge in [0.1, 0.15) is 6.10 Å². The first-order valence-electron chi connectivity index (χ1n) is 5.81. The van der Waals surface area contributed by atoms with E-state index in [-0.39, 0.29) is 18.4 Å². The van der Waals surface area contributed by atoms with E-state index in [1.165, 1.54) is 0 Å². The maximum atomic E-state index is 11.5. The lowest BCUT2D eigenvalue weighted by atomic mass is 10.2. The number of hydrogen-bond acceptors (Lipinski definition) is 3. The molecular formula is C11H19NO4. The first kappa shape index (κ1) is 13.0. The molecule has 1 amide bonds. The second kappa shape index (κ2) is 7.22. The molecule has 1 fully saturated rings. The highest BCUT2D eigenvalue weighted by atomic mass is 16.5. The summed E-state index contributed by atoms with van der Waals surface area (Å²) < 4.78 is 5.23. The van der Waals surface area contributed by atoms with Crippen molar-refractivity contribution >= 4 is 11.9 Å². The number of carbonyl (C=O) groups excluding carboxylic acids is 1. The first-order valence-corrected chi connectivity index (χ1v) is 5.81. The third kappa shape index (κ3) is 5.11. The van der Waals surface area contributed by atoms with Gasteiger partial charge < -0.3 is 15.2 Å². The molecule has 0 aromatic carbocycles. The standard InChI is InChI=1S/C11H19NO4/c13-10(14)6-2-1-3-7-12-11(15)9-5-4-8-16-9/h9H,1-8H2,(H,12,15)(H,13,14). The van der Waals surface area contributed by atoms with Gasteiger partial charge in [-0.25, -0.2) is 0 Å². The van der Waals surface area contributed by atoms with Crippen molar-refractivity contribution in [3.63, 3.8) is 0 Å². The molecule has 1 heterocycles. The van der Waals surface area contributed by atoms with Gasteiger partial charge in [-0.2, -0.15) is 0 Å². The summed E-state index contributed by atoms with van der Waals surface area (Å²) in [6.45, 7) is 1.29. The van der Waals surface area contributed by atoms with Crippen molar-refractivity contribution < 1.29 is 19.4 Å². The van der Waals surface area contributed by atoms with E-state index in [1.54, 1.807) is 0 Å². The topological polar surface area (TPSA) is 75.6 Å². The molecule has 0 spiro atoms. The van der Waals surface area contributed by atoms with E-state index in [2.05, 4.69) is 5.32 Å². The monoisotopic (exact) mass is 229 g/mol. The number of aliphatic carboxylic acids is 1. The molecule has 5 heteroatoms. The molecule has 0 aromatic heterocycles. The van der Waals surface area contributed by atoms with Crippen LogP contribution in [0.1, 0.15) is 38.5 Å². The Labute approximate surface area is 95.2 Å². The lowest BCUT2D eigenvalue weighted by molar-refractivity contribution is -0.137. The highest BCUT2D eigenvalue weighted by Gasteiger charge is 2.22. The Balaban J connectivity index is 1.94. The predicted octanol–water partition coefficient (Wildman–Crippen LogP) is 0.927. The van der Waals surface area contributed by atoms with Crippen LogP contribution in [-0.4, -0.2) is 36.2 Å². The minimum Gasteiger partial charge on any atom is -0.481 e. The van der Waals surface area contributed by atoms with Crippen LogP contribution in [0.25, 0.3) is 0 Å². The Morgan fingerprint density at radius 2 is 2.12 bits per heavy atom. The van der Waals surface area contributed by atoms with Crippen LogP contribution in [0, 0.1) is 0 Å². The largest absolute Gasteiger partial charge is 0.481 e. The minimum absolute atomic E-state index is 0.0317. The molecule has 1 unspecified atom stereocenters. The summed E-state index contributed by atoms with van der Waals surface area (Å²) in [5.74, 6) is -0.792. The van der Waals surface area contributed by atoms with Gasteiger partial charge in [0, 0.05) is 19.6 Å². The van der Waals surface area contributed by atoms with Crippen LogP contribution in [-0.2, 0) is 14.3 Å². The fourth-order valence-corrected chi connectivity index (χ4v) is 1.69. The van der Waals surface area contributed by atoms with Crippen LogP contribution < -0.4 is 5.32 Å². The lowest BCUT2D eigenvalue weighted by Gasteiger charge is -2.09. The number of carbonyl (C=O) groups is 2. The fraction of sp³-hybridized carbons (Fsp3) is 0.818. The molecule has 1 atom stereocenters. The number of amides is 1. The minimum atomic E-state index is -0.761. The predicted molar refractivity (Wildman–Crippen MR) is 58.1 cm³/mol. The average molecular weight is 229 g/mol. The van der Waals surface area contributed by atoms with Crippen molar-refractivity contribution in [1.82, 2.24) is 5.32 Å². The van der Waals surface area contributed by atoms with E-state index in [9.17, 15) is 9.59 Å². The molecule has 1 aliphatic rings. The number of carboxylic acid groups (broad SMARTS) is 1. The van der Waals surface area contributed by atoms with E-state index in [4.69, 9.17) is 9.84 Å². The van der Waals surface area contributed by atoms with Crippen molar-refractivity contribution in [1.29, 1.82) is 0 Å². The molecule has 2 N–H and O–H groups in total. The van der Waals surface area contributed by atoms with Crippen molar-refractivity contribution in [3.05, 3.63) is 0 Å². The number of ether oxygens (including phenoxy) is 1. The molecule has 1 saturated heterocycles. The maximum Gasteiger partial charge on any atom is 0.303 e. The van der Waals surface area contributed by atoms with Gasteiger partial charge in [0.15, 0.2) is 0 Å². The van der Waals surface area contributed by atoms with Crippen molar-refractivity contribution in [2.45, 2.75) is 44.6 Å². The lowest BCUT2D eigenvalue weighted by Crippen LogP contribution is -2.34. The van der Waals surface area contributed by atoms with E-state index in [0.717, 1.165) is 25.7 Å². The quantitative estimate of drug-likeness (QED) is 0.637. The van der Waals surface area contributed by atoms with Gasteiger partial charge in [-0.05, 0) is 25.7 Å². The third-order valence-corrected chi connectivity index (χ3v) is 2.59. The number of hydrogen-bond donors (Lipinski definition) is 2. The Hall–Kier alpha value is -1.10. The normalized spacial score (nSPS) is 19.6. The van der Waals surface area contributed by atoms with Gasteiger partial charge in [0.05, 0.1) is 0 Å². The highest BCUT2D eigenvalue weighted by molar-refractivity contribution is 5.80. The van der Waals surface area contributed by atoms with E-state index < -0.39 is 5.97 Å². The van der Waals surface area contributed by atoms with E-state index in [0.29, 0.717) is 19.6 Å². The Morgan fingerprint density at radius 1 is 1.31 bits per heavy atom. The molecule has 1 aliphatic heterocycles. The summed E-state index contributed by atoms with van der Waals surface area (Å²) >= 11 is 0. The average Bonchev–Trinajstić information content (AvgIpc) is 2.75. The molecule has 1 rings (SSSR count). The molecule has 0 bridgehead atoms. The Kier molecular flexibility index (Phi) is 5.85. The highest BCUT2D eigenvalue weighted by Crippen LogP contribution is 2.11. The van der Waals surface area contributed by atoms with Gasteiger partial charge in [0.2, 0.25) is 5.91 Å². The summed E-state index contributed by atoms with van der Waals surface area (Å²) in [4.78, 5) is 21.7. The Bertz CT molecular complexity index is 236. The molecule has 0 aromatic rings. The van der Waals surface area contributed by atoms with Crippen LogP contribution in [0.4, 0.5) is 0 Å². The summed E-state index contributed by atoms with van der Waals surface area (Å²) in [6.07, 6.45) is 4.04. The van der Waals surface area contributed by atoms with Gasteiger partial charge in [-0.1, -0.05) is 6.42 Å². The molecule has 0 radical (unpaired) electrons. The zero-order valence-corrected chi connectivity index (χ0v) is 9.41. The number of carboxylic acids is 1. The first-order chi connectivity index (χ1) is 7.70. The molecule has 16 heavy (non-hydrogen) atoms. The Morgan fingerprint density at radius 3 is 2.75 bits per heavy atom. The number of unbranched alkanes of at least 4 members (excludes halogenated alkanes) is 2. The van der Waals surface area contributed by atoms with Gasteiger partial charge in [-0.15, -0.1) is 0 Å². The second-order valence-electron chi connectivity index (χ2n) is 4.00. The fourth-order valence-electron chi connectivity index (χ4n) is 1.69. The summed E-state index contributed by atoms with van der Waals surface area (Å²) in [5, 5.41) is 11.2. The smallest absolute Gasteiger partial charge is 0.303 e. The zero-order chi connectivity index (χ0) is 11.8. The van der Waals surface area contributed by atoms with Gasteiger partial charge >= 0.3 is 5.97 Å². The van der Waals surface area contributed by atoms with E-state index in [1.807, 2.05) is 0 Å². The summed E-state index contributed by atoms with van der Waals surface area (Å²) in [7, 11) is 0. The zero-order valence-electron chi connectivity index (χ0n) is 9.41. The molecule has 0 aliphatic carbocycles. The molecule has 0 saturated carbocycles. The summed E-state index contributed by atoms with van der Waals surface area (Å²) in [6, 6.07) is 0. The van der Waals surface area contributed by atoms with Crippen molar-refractivity contribution in [2.24, 2.45) is 0 Å². The van der Waals surface area contributed by atoms with Crippen molar-refractivity contribution in [3.8, 4) is 0 Å². The number of rotatable bonds is 7. The SMILES string of the molecule is O=C(O)CCCCCNC(=O)C1CCCO1. The molecule has 5 nitrogen and oxygen atoms in total. The van der Waals surface area contributed by atoms with Crippen LogP contribution >= 0.6 is 0 Å². The maximum absolute atomic E-state index is 11.5. The molecule has 92 valence electrons. The van der Waals surface area contributed by atoms with Gasteiger partial charge in [-0.3, -0.25) is 9.59 Å². The van der Waals surface area contributed by atoms with Crippen LogP contribution in [0.15, 0.2) is 0 Å². The summed E-state index contributed by atoms with van der Waals surface area (Å²) in [5.41, 5.74) is 0. The van der Waals surface area contributed by atoms with Gasteiger partial charge in [0.25, 0.3) is 0 Å². The van der Waals surface area contributed by atoms with Crippen LogP contribution in [0.5, 0.6) is 0 Å². The third-order valence-electron chi connectivity index (χ3n) is 2.59. The van der Waals surface area contributed by atoms with Crippen molar-refractivity contribution in [2.75, 3.05) is 13.2 Å². The van der Waals surface area contributed by atoms with Crippen LogP contribution in [0.2, 0.25) is 0 Å². The molecular weight excluding hydrogens is 210 g/mol. The number of nitrogens with one attached hydrogen (secondary N) is 1. The second-order valence-corrected chi connectivity index (χ2v) is 4.00.